The Bertz CT molecular complexity index is 470. The Morgan fingerprint density at radius 2 is 1.89 bits per heavy atom. The summed E-state index contributed by atoms with van der Waals surface area (Å²) in [4.78, 5) is 6.49. The van der Waals surface area contributed by atoms with Crippen molar-refractivity contribution in [2.75, 3.05) is 26.2 Å². The minimum Gasteiger partial charge on any atom is -0.314 e. The van der Waals surface area contributed by atoms with Crippen LogP contribution >= 0.6 is 34.8 Å². The van der Waals surface area contributed by atoms with E-state index in [0.29, 0.717) is 21.1 Å². The van der Waals surface area contributed by atoms with Crippen LogP contribution in [0.2, 0.25) is 15.2 Å². The Hall–Kier alpha value is -0.0600. The van der Waals surface area contributed by atoms with Crippen LogP contribution in [0.4, 0.5) is 0 Å². The molecule has 3 nitrogen and oxygen atoms in total. The zero-order valence-electron chi connectivity index (χ0n) is 10.5. The van der Waals surface area contributed by atoms with E-state index in [1.165, 1.54) is 12.8 Å². The Balaban J connectivity index is 1.97. The second-order valence-corrected chi connectivity index (χ2v) is 6.34. The molecule has 0 radical (unpaired) electrons. The molecule has 2 aliphatic rings. The number of aromatic nitrogens is 1. The van der Waals surface area contributed by atoms with Crippen molar-refractivity contribution in [3.63, 3.8) is 0 Å². The molecule has 0 spiro atoms. The van der Waals surface area contributed by atoms with Crippen molar-refractivity contribution in [1.82, 2.24) is 15.2 Å². The van der Waals surface area contributed by atoms with E-state index < -0.39 is 0 Å². The van der Waals surface area contributed by atoms with Gasteiger partial charge < -0.3 is 5.32 Å². The average molecular weight is 321 g/mol. The number of hydrogen-bond donors (Lipinski definition) is 1. The molecule has 1 aliphatic carbocycles. The molecule has 1 saturated heterocycles. The number of nitrogens with zero attached hydrogens (tertiary/aromatic N) is 2. The zero-order valence-corrected chi connectivity index (χ0v) is 12.8. The third-order valence-electron chi connectivity index (χ3n) is 3.88. The minimum atomic E-state index is 0.280. The fourth-order valence-electron chi connectivity index (χ4n) is 2.82. The standard InChI is InChI=1S/C13H16Cl3N3/c14-9-7-18-13(16)11(15)10(9)12(8-1-2-8)19-5-3-17-4-6-19/h7-8,12,17H,1-6H2/t12-/m0/s1. The van der Waals surface area contributed by atoms with E-state index in [4.69, 9.17) is 34.8 Å². The molecule has 104 valence electrons. The highest BCUT2D eigenvalue weighted by Crippen LogP contribution is 2.49. The molecule has 1 N–H and O–H groups in total. The third-order valence-corrected chi connectivity index (χ3v) is 4.94. The normalized spacial score (nSPS) is 22.5. The van der Waals surface area contributed by atoms with E-state index in [2.05, 4.69) is 15.2 Å². The van der Waals surface area contributed by atoms with Gasteiger partial charge in [0.25, 0.3) is 0 Å². The number of pyridine rings is 1. The fraction of sp³-hybridized carbons (Fsp3) is 0.615. The van der Waals surface area contributed by atoms with E-state index in [1.807, 2.05) is 0 Å². The van der Waals surface area contributed by atoms with E-state index >= 15 is 0 Å². The Kier molecular flexibility index (Phi) is 4.20. The van der Waals surface area contributed by atoms with Crippen LogP contribution in [0.1, 0.15) is 24.4 Å². The van der Waals surface area contributed by atoms with Crippen LogP contribution in [0.3, 0.4) is 0 Å². The first kappa shape index (κ1) is 13.9. The SMILES string of the molecule is Clc1cnc(Cl)c(Cl)c1[C@H](C1CC1)N1CCNCC1. The molecule has 0 unspecified atom stereocenters. The first-order valence-corrected chi connectivity index (χ1v) is 7.76. The summed E-state index contributed by atoms with van der Waals surface area (Å²) in [6.45, 7) is 4.07. The van der Waals surface area contributed by atoms with Crippen LogP contribution in [0.25, 0.3) is 0 Å². The maximum atomic E-state index is 6.36. The largest absolute Gasteiger partial charge is 0.314 e. The van der Waals surface area contributed by atoms with Crippen molar-refractivity contribution in [2.24, 2.45) is 5.92 Å². The molecule has 0 bridgehead atoms. The molecule has 2 heterocycles. The van der Waals surface area contributed by atoms with Crippen LogP contribution in [0.5, 0.6) is 0 Å². The van der Waals surface area contributed by atoms with E-state index in [0.717, 1.165) is 31.7 Å². The topological polar surface area (TPSA) is 28.2 Å². The van der Waals surface area contributed by atoms with Gasteiger partial charge in [0.1, 0.15) is 5.15 Å². The van der Waals surface area contributed by atoms with Gasteiger partial charge in [-0.15, -0.1) is 0 Å². The molecule has 0 aromatic carbocycles. The lowest BCUT2D eigenvalue weighted by atomic mass is 10.0. The number of hydrogen-bond acceptors (Lipinski definition) is 3. The summed E-state index contributed by atoms with van der Waals surface area (Å²) >= 11 is 18.8. The summed E-state index contributed by atoms with van der Waals surface area (Å²) in [5.74, 6) is 0.645. The van der Waals surface area contributed by atoms with Crippen LogP contribution in [0, 0.1) is 5.92 Å². The Morgan fingerprint density at radius 1 is 1.21 bits per heavy atom. The van der Waals surface area contributed by atoms with Crippen LogP contribution < -0.4 is 5.32 Å². The lowest BCUT2D eigenvalue weighted by molar-refractivity contribution is 0.156. The van der Waals surface area contributed by atoms with Gasteiger partial charge in [0.05, 0.1) is 10.0 Å². The van der Waals surface area contributed by atoms with Crippen LogP contribution in [-0.4, -0.2) is 36.1 Å². The second kappa shape index (κ2) is 5.74. The van der Waals surface area contributed by atoms with Gasteiger partial charge in [-0.1, -0.05) is 34.8 Å². The van der Waals surface area contributed by atoms with Gasteiger partial charge in [-0.2, -0.15) is 0 Å². The Morgan fingerprint density at radius 3 is 2.53 bits per heavy atom. The van der Waals surface area contributed by atoms with Crippen LogP contribution in [-0.2, 0) is 0 Å². The van der Waals surface area contributed by atoms with Gasteiger partial charge in [-0.25, -0.2) is 4.98 Å². The van der Waals surface area contributed by atoms with E-state index in [1.54, 1.807) is 6.20 Å². The molecular formula is C13H16Cl3N3. The fourth-order valence-corrected chi connectivity index (χ4v) is 3.53. The first-order chi connectivity index (χ1) is 9.18. The maximum Gasteiger partial charge on any atom is 0.148 e. The predicted octanol–water partition coefficient (Wildman–Crippen LogP) is 3.40. The third kappa shape index (κ3) is 2.86. The smallest absolute Gasteiger partial charge is 0.148 e. The molecule has 2 fully saturated rings. The lowest BCUT2D eigenvalue weighted by Gasteiger charge is -2.36. The summed E-state index contributed by atoms with van der Waals surface area (Å²) < 4.78 is 0. The van der Waals surface area contributed by atoms with Gasteiger partial charge >= 0.3 is 0 Å². The number of rotatable bonds is 3. The highest BCUT2D eigenvalue weighted by Gasteiger charge is 2.39. The molecule has 1 aliphatic heterocycles. The van der Waals surface area contributed by atoms with Crippen molar-refractivity contribution >= 4 is 34.8 Å². The molecule has 1 aromatic rings. The second-order valence-electron chi connectivity index (χ2n) is 5.19. The molecular weight excluding hydrogens is 305 g/mol. The minimum absolute atomic E-state index is 0.280. The number of nitrogens with one attached hydrogen (secondary N) is 1. The Labute approximate surface area is 128 Å². The summed E-state index contributed by atoms with van der Waals surface area (Å²) in [5, 5.41) is 4.87. The molecule has 1 saturated carbocycles. The highest BCUT2D eigenvalue weighted by atomic mass is 35.5. The van der Waals surface area contributed by atoms with Gasteiger partial charge in [0, 0.05) is 44.0 Å². The highest BCUT2D eigenvalue weighted by molar-refractivity contribution is 6.43. The van der Waals surface area contributed by atoms with Crippen molar-refractivity contribution in [3.8, 4) is 0 Å². The summed E-state index contributed by atoms with van der Waals surface area (Å²) in [6, 6.07) is 0.280. The summed E-state index contributed by atoms with van der Waals surface area (Å²) in [5.41, 5.74) is 0.965. The van der Waals surface area contributed by atoms with Crippen LogP contribution in [0.15, 0.2) is 6.20 Å². The van der Waals surface area contributed by atoms with Crippen molar-refractivity contribution in [1.29, 1.82) is 0 Å². The van der Waals surface area contributed by atoms with E-state index in [9.17, 15) is 0 Å². The van der Waals surface area contributed by atoms with Gasteiger partial charge in [0.15, 0.2) is 0 Å². The average Bonchev–Trinajstić information content (AvgIpc) is 3.24. The number of piperazine rings is 1. The van der Waals surface area contributed by atoms with E-state index in [-0.39, 0.29) is 6.04 Å². The van der Waals surface area contributed by atoms with Gasteiger partial charge in [-0.3, -0.25) is 4.90 Å². The number of halogens is 3. The molecule has 1 aromatic heterocycles. The zero-order chi connectivity index (χ0) is 13.4. The summed E-state index contributed by atoms with van der Waals surface area (Å²) in [7, 11) is 0. The van der Waals surface area contributed by atoms with Crippen molar-refractivity contribution in [3.05, 3.63) is 27.0 Å². The van der Waals surface area contributed by atoms with Crippen molar-refractivity contribution in [2.45, 2.75) is 18.9 Å². The maximum absolute atomic E-state index is 6.36. The monoisotopic (exact) mass is 319 g/mol. The van der Waals surface area contributed by atoms with Gasteiger partial charge in [0.2, 0.25) is 0 Å². The van der Waals surface area contributed by atoms with Gasteiger partial charge in [-0.05, 0) is 18.8 Å². The lowest BCUT2D eigenvalue weighted by Crippen LogP contribution is -2.45. The molecule has 0 amide bonds. The van der Waals surface area contributed by atoms with Crippen molar-refractivity contribution < 1.29 is 0 Å². The molecule has 3 rings (SSSR count). The molecule has 6 heteroatoms. The predicted molar refractivity (Wildman–Crippen MR) is 79.2 cm³/mol. The molecule has 19 heavy (non-hydrogen) atoms. The summed E-state index contributed by atoms with van der Waals surface area (Å²) in [6.07, 6.45) is 4.09. The molecule has 1 atom stereocenters. The first-order valence-electron chi connectivity index (χ1n) is 6.62. The quantitative estimate of drug-likeness (QED) is 0.865.